The molecular formula is C7H10N4O. The number of amides is 1. The lowest BCUT2D eigenvalue weighted by Crippen LogP contribution is -2.31. The summed E-state index contributed by atoms with van der Waals surface area (Å²) in [4.78, 5) is 18.7. The summed E-state index contributed by atoms with van der Waals surface area (Å²) < 4.78 is 0. The number of hydrazine groups is 1. The van der Waals surface area contributed by atoms with Gasteiger partial charge in [-0.1, -0.05) is 0 Å². The van der Waals surface area contributed by atoms with Gasteiger partial charge < -0.3 is 0 Å². The van der Waals surface area contributed by atoms with Crippen LogP contribution in [0.2, 0.25) is 0 Å². The van der Waals surface area contributed by atoms with E-state index in [4.69, 9.17) is 5.84 Å². The summed E-state index contributed by atoms with van der Waals surface area (Å²) >= 11 is 0. The van der Waals surface area contributed by atoms with E-state index in [1.54, 1.807) is 6.20 Å². The van der Waals surface area contributed by atoms with Crippen LogP contribution >= 0.6 is 0 Å². The van der Waals surface area contributed by atoms with Gasteiger partial charge in [0.05, 0.1) is 0 Å². The molecule has 0 aliphatic heterocycles. The normalized spacial score (nSPS) is 9.58. The second-order valence-corrected chi connectivity index (χ2v) is 2.44. The predicted molar refractivity (Wildman–Crippen MR) is 43.2 cm³/mol. The van der Waals surface area contributed by atoms with E-state index < -0.39 is 5.91 Å². The fraction of sp³-hybridized carbons (Fsp3) is 0.286. The molecule has 5 heteroatoms. The van der Waals surface area contributed by atoms with Gasteiger partial charge in [0.25, 0.3) is 0 Å². The Balaban J connectivity index is 3.05. The number of hydrogen-bond acceptors (Lipinski definition) is 4. The van der Waals surface area contributed by atoms with Crippen LogP contribution in [0.4, 0.5) is 0 Å². The molecule has 0 aliphatic rings. The molecule has 0 saturated heterocycles. The number of carbonyl (C=O) groups is 1. The highest BCUT2D eigenvalue weighted by Crippen LogP contribution is 2.00. The van der Waals surface area contributed by atoms with E-state index in [-0.39, 0.29) is 5.82 Å². The highest BCUT2D eigenvalue weighted by molar-refractivity contribution is 5.89. The lowest BCUT2D eigenvalue weighted by molar-refractivity contribution is 0.0943. The number of nitrogen functional groups attached to an aromatic ring is 1. The van der Waals surface area contributed by atoms with Crippen LogP contribution < -0.4 is 11.3 Å². The second kappa shape index (κ2) is 3.27. The molecule has 0 unspecified atom stereocenters. The fourth-order valence-corrected chi connectivity index (χ4v) is 0.701. The first-order valence-electron chi connectivity index (χ1n) is 3.46. The minimum absolute atomic E-state index is 0.0978. The first-order chi connectivity index (χ1) is 5.65. The van der Waals surface area contributed by atoms with Gasteiger partial charge in [-0.2, -0.15) is 0 Å². The molecule has 3 N–H and O–H groups in total. The minimum Gasteiger partial charge on any atom is -0.287 e. The van der Waals surface area contributed by atoms with Crippen LogP contribution in [0.25, 0.3) is 0 Å². The van der Waals surface area contributed by atoms with E-state index in [1.165, 1.54) is 0 Å². The first-order valence-corrected chi connectivity index (χ1v) is 3.46. The Morgan fingerprint density at radius 1 is 1.58 bits per heavy atom. The number of aromatic nitrogens is 2. The maximum atomic E-state index is 10.9. The van der Waals surface area contributed by atoms with Crippen molar-refractivity contribution in [3.8, 4) is 0 Å². The smallest absolute Gasteiger partial charge is 0.287 e. The maximum Gasteiger partial charge on any atom is 0.302 e. The Hall–Kier alpha value is -1.49. The molecule has 64 valence electrons. The molecule has 0 fully saturated rings. The summed E-state index contributed by atoms with van der Waals surface area (Å²) in [6.07, 6.45) is 1.59. The molecule has 1 heterocycles. The van der Waals surface area contributed by atoms with Crippen molar-refractivity contribution in [3.63, 3.8) is 0 Å². The standard InChI is InChI=1S/C7H10N4O/c1-4-3-9-6(7(12)11-8)10-5(4)2/h3H,8H2,1-2H3,(H,11,12). The molecular weight excluding hydrogens is 156 g/mol. The molecule has 12 heavy (non-hydrogen) atoms. The van der Waals surface area contributed by atoms with Crippen LogP contribution in [0, 0.1) is 13.8 Å². The monoisotopic (exact) mass is 166 g/mol. The molecule has 0 radical (unpaired) electrons. The molecule has 0 aliphatic carbocycles. The van der Waals surface area contributed by atoms with Crippen LogP contribution in [0.5, 0.6) is 0 Å². The molecule has 0 aromatic carbocycles. The van der Waals surface area contributed by atoms with Crippen molar-refractivity contribution in [2.45, 2.75) is 13.8 Å². The predicted octanol–water partition coefficient (Wildman–Crippen LogP) is -0.303. The van der Waals surface area contributed by atoms with Gasteiger partial charge in [-0.25, -0.2) is 15.8 Å². The third kappa shape index (κ3) is 1.57. The molecule has 0 atom stereocenters. The lowest BCUT2D eigenvalue weighted by Gasteiger charge is -2.00. The van der Waals surface area contributed by atoms with E-state index in [2.05, 4.69) is 9.97 Å². The number of carbonyl (C=O) groups excluding carboxylic acids is 1. The third-order valence-corrected chi connectivity index (χ3v) is 1.56. The van der Waals surface area contributed by atoms with Gasteiger partial charge in [-0.05, 0) is 19.4 Å². The number of nitrogens with one attached hydrogen (secondary N) is 1. The summed E-state index contributed by atoms with van der Waals surface area (Å²) in [7, 11) is 0. The quantitative estimate of drug-likeness (QED) is 0.341. The van der Waals surface area contributed by atoms with E-state index in [0.717, 1.165) is 11.3 Å². The number of nitrogens with two attached hydrogens (primary N) is 1. The second-order valence-electron chi connectivity index (χ2n) is 2.44. The first kappa shape index (κ1) is 8.61. The van der Waals surface area contributed by atoms with Crippen molar-refractivity contribution < 1.29 is 4.79 Å². The summed E-state index contributed by atoms with van der Waals surface area (Å²) in [5.41, 5.74) is 3.69. The molecule has 0 saturated carbocycles. The largest absolute Gasteiger partial charge is 0.302 e. The van der Waals surface area contributed by atoms with Crippen LogP contribution in [-0.4, -0.2) is 15.9 Å². The minimum atomic E-state index is -0.474. The van der Waals surface area contributed by atoms with Gasteiger partial charge in [0.2, 0.25) is 5.82 Å². The summed E-state index contributed by atoms with van der Waals surface area (Å²) in [6, 6.07) is 0. The van der Waals surface area contributed by atoms with Gasteiger partial charge in [0.1, 0.15) is 0 Å². The fourth-order valence-electron chi connectivity index (χ4n) is 0.701. The topological polar surface area (TPSA) is 80.9 Å². The molecule has 1 aromatic rings. The van der Waals surface area contributed by atoms with E-state index >= 15 is 0 Å². The van der Waals surface area contributed by atoms with Crippen molar-refractivity contribution in [1.82, 2.24) is 15.4 Å². The highest BCUT2D eigenvalue weighted by Gasteiger charge is 2.07. The van der Waals surface area contributed by atoms with Crippen molar-refractivity contribution in [2.75, 3.05) is 0 Å². The Kier molecular flexibility index (Phi) is 2.35. The third-order valence-electron chi connectivity index (χ3n) is 1.56. The van der Waals surface area contributed by atoms with Gasteiger partial charge >= 0.3 is 5.91 Å². The molecule has 1 amide bonds. The lowest BCUT2D eigenvalue weighted by atomic mass is 10.3. The highest BCUT2D eigenvalue weighted by atomic mass is 16.2. The summed E-state index contributed by atoms with van der Waals surface area (Å²) in [6.45, 7) is 3.68. The Morgan fingerprint density at radius 3 is 2.75 bits per heavy atom. The van der Waals surface area contributed by atoms with E-state index in [0.29, 0.717) is 0 Å². The zero-order valence-corrected chi connectivity index (χ0v) is 6.96. The average molecular weight is 166 g/mol. The SMILES string of the molecule is Cc1cnc(C(=O)NN)nc1C. The zero-order chi connectivity index (χ0) is 9.14. The van der Waals surface area contributed by atoms with Crippen molar-refractivity contribution in [3.05, 3.63) is 23.3 Å². The van der Waals surface area contributed by atoms with E-state index in [1.807, 2.05) is 19.3 Å². The zero-order valence-electron chi connectivity index (χ0n) is 6.96. The van der Waals surface area contributed by atoms with Gasteiger partial charge in [0, 0.05) is 11.9 Å². The van der Waals surface area contributed by atoms with Crippen LogP contribution in [0.3, 0.4) is 0 Å². The van der Waals surface area contributed by atoms with Crippen LogP contribution in [0.15, 0.2) is 6.20 Å². The van der Waals surface area contributed by atoms with Gasteiger partial charge in [-0.15, -0.1) is 0 Å². The van der Waals surface area contributed by atoms with E-state index in [9.17, 15) is 4.79 Å². The van der Waals surface area contributed by atoms with Crippen LogP contribution in [0.1, 0.15) is 21.9 Å². The number of rotatable bonds is 1. The molecule has 0 spiro atoms. The number of aryl methyl sites for hydroxylation is 2. The summed E-state index contributed by atoms with van der Waals surface area (Å²) in [5, 5.41) is 0. The Bertz CT molecular complexity index is 310. The number of hydrogen-bond donors (Lipinski definition) is 2. The molecule has 5 nitrogen and oxygen atoms in total. The van der Waals surface area contributed by atoms with Crippen molar-refractivity contribution in [2.24, 2.45) is 5.84 Å². The van der Waals surface area contributed by atoms with Crippen molar-refractivity contribution in [1.29, 1.82) is 0 Å². The maximum absolute atomic E-state index is 10.9. The number of nitrogens with zero attached hydrogens (tertiary/aromatic N) is 2. The molecule has 1 rings (SSSR count). The van der Waals surface area contributed by atoms with Gasteiger partial charge in [0.15, 0.2) is 0 Å². The molecule has 1 aromatic heterocycles. The Labute approximate surface area is 70.0 Å². The average Bonchev–Trinajstić information content (AvgIpc) is 2.08. The van der Waals surface area contributed by atoms with Crippen LogP contribution in [-0.2, 0) is 0 Å². The van der Waals surface area contributed by atoms with Gasteiger partial charge in [-0.3, -0.25) is 10.2 Å². The molecule has 0 bridgehead atoms. The van der Waals surface area contributed by atoms with Crippen molar-refractivity contribution >= 4 is 5.91 Å². The Morgan fingerprint density at radius 2 is 2.25 bits per heavy atom. The summed E-state index contributed by atoms with van der Waals surface area (Å²) in [5.74, 6) is 4.54.